The first-order valence-corrected chi connectivity index (χ1v) is 8.83. The number of benzene rings is 1. The molecule has 0 spiro atoms. The maximum atomic E-state index is 12.7. The summed E-state index contributed by atoms with van der Waals surface area (Å²) in [6.07, 6.45) is -3.82. The van der Waals surface area contributed by atoms with Gasteiger partial charge < -0.3 is 10.1 Å². The van der Waals surface area contributed by atoms with Crippen molar-refractivity contribution in [2.75, 3.05) is 12.4 Å². The summed E-state index contributed by atoms with van der Waals surface area (Å²) in [5.74, 6) is -2.25. The van der Waals surface area contributed by atoms with Gasteiger partial charge in [-0.05, 0) is 12.1 Å². The predicted molar refractivity (Wildman–Crippen MR) is 97.1 cm³/mol. The summed E-state index contributed by atoms with van der Waals surface area (Å²) < 4.78 is 42.1. The number of aromatic nitrogens is 1. The third kappa shape index (κ3) is 4.85. The normalized spacial score (nSPS) is 13.6. The highest BCUT2D eigenvalue weighted by Gasteiger charge is 2.34. The van der Waals surface area contributed by atoms with Gasteiger partial charge in [-0.15, -0.1) is 35.1 Å². The van der Waals surface area contributed by atoms with E-state index in [1.807, 2.05) is 0 Å². The Morgan fingerprint density at radius 1 is 1.28 bits per heavy atom. The molecule has 0 bridgehead atoms. The van der Waals surface area contributed by atoms with Crippen molar-refractivity contribution >= 4 is 46.4 Å². The van der Waals surface area contributed by atoms with Crippen LogP contribution in [-0.2, 0) is 0 Å². The van der Waals surface area contributed by atoms with E-state index in [9.17, 15) is 22.8 Å². The summed E-state index contributed by atoms with van der Waals surface area (Å²) in [5.41, 5.74) is 5.58. The molecule has 2 aromatic rings. The SMILES string of the molecule is CN1NNN=C1NC(=O)c1ccc(OC(F)(F)F)c(NC(=O)c2cncs2)c1Cl. The van der Waals surface area contributed by atoms with E-state index in [1.165, 1.54) is 16.7 Å². The second-order valence-electron chi connectivity index (χ2n) is 5.34. The number of thiazole rings is 1. The molecule has 0 atom stereocenters. The lowest BCUT2D eigenvalue weighted by Gasteiger charge is -2.18. The number of amides is 2. The average Bonchev–Trinajstić information content (AvgIpc) is 3.29. The van der Waals surface area contributed by atoms with Crippen LogP contribution < -0.4 is 26.4 Å². The Bertz CT molecular complexity index is 968. The van der Waals surface area contributed by atoms with E-state index in [-0.39, 0.29) is 16.4 Å². The summed E-state index contributed by atoms with van der Waals surface area (Å²) in [4.78, 5) is 28.6. The second-order valence-corrected chi connectivity index (χ2v) is 6.60. The fourth-order valence-electron chi connectivity index (χ4n) is 2.12. The zero-order valence-corrected chi connectivity index (χ0v) is 15.9. The van der Waals surface area contributed by atoms with Gasteiger partial charge in [0.15, 0.2) is 5.75 Å². The first-order chi connectivity index (χ1) is 13.7. The monoisotopic (exact) mass is 449 g/mol. The molecule has 154 valence electrons. The number of hydrogen-bond acceptors (Lipinski definition) is 9. The third-order valence-electron chi connectivity index (χ3n) is 3.39. The number of carbonyl (C=O) groups excluding carboxylic acids is 2. The van der Waals surface area contributed by atoms with Crippen LogP contribution in [0.3, 0.4) is 0 Å². The van der Waals surface area contributed by atoms with Gasteiger partial charge in [-0.25, -0.2) is 5.53 Å². The summed E-state index contributed by atoms with van der Waals surface area (Å²) in [5, 5.41) is 9.25. The number of anilines is 1. The van der Waals surface area contributed by atoms with E-state index in [4.69, 9.17) is 11.6 Å². The minimum absolute atomic E-state index is 0.0805. The molecule has 0 radical (unpaired) electrons. The van der Waals surface area contributed by atoms with E-state index in [0.717, 1.165) is 23.5 Å². The largest absolute Gasteiger partial charge is 0.573 e. The standard InChI is InChI=1S/C14H11ClF3N7O3S/c1-25-13(22-23-24-25)21-11(26)6-2-3-7(28-14(16,17)18)10(9(6)15)20-12(27)8-4-19-5-29-8/h2-5,23-24H,1H3,(H,20,27)(H,21,22,26). The van der Waals surface area contributed by atoms with Crippen LogP contribution in [-0.4, -0.2) is 41.2 Å². The fourth-order valence-corrected chi connectivity index (χ4v) is 2.93. The number of nitrogens with zero attached hydrogens (tertiary/aromatic N) is 3. The Balaban J connectivity index is 1.94. The van der Waals surface area contributed by atoms with E-state index in [0.29, 0.717) is 0 Å². The lowest BCUT2D eigenvalue weighted by atomic mass is 10.1. The zero-order chi connectivity index (χ0) is 21.2. The molecule has 1 aliphatic rings. The number of hydrogen-bond donors (Lipinski definition) is 4. The zero-order valence-electron chi connectivity index (χ0n) is 14.3. The van der Waals surface area contributed by atoms with Crippen LogP contribution in [0.1, 0.15) is 20.0 Å². The van der Waals surface area contributed by atoms with E-state index < -0.39 is 34.6 Å². The number of ether oxygens (including phenoxy) is 1. The van der Waals surface area contributed by atoms with Gasteiger partial charge in [-0.2, -0.15) is 0 Å². The Morgan fingerprint density at radius 3 is 2.62 bits per heavy atom. The number of halogens is 4. The van der Waals surface area contributed by atoms with E-state index >= 15 is 0 Å². The first-order valence-electron chi connectivity index (χ1n) is 7.57. The number of hydrazine groups is 2. The van der Waals surface area contributed by atoms with Crippen molar-refractivity contribution in [2.24, 2.45) is 5.10 Å². The van der Waals surface area contributed by atoms with Gasteiger partial charge in [0.1, 0.15) is 10.6 Å². The van der Waals surface area contributed by atoms with Gasteiger partial charge >= 0.3 is 6.36 Å². The number of rotatable bonds is 4. The van der Waals surface area contributed by atoms with Crippen molar-refractivity contribution in [1.82, 2.24) is 26.4 Å². The highest BCUT2D eigenvalue weighted by Crippen LogP contribution is 2.38. The molecule has 0 fully saturated rings. The summed E-state index contributed by atoms with van der Waals surface area (Å²) >= 11 is 7.11. The molecule has 3 rings (SSSR count). The maximum absolute atomic E-state index is 12.7. The lowest BCUT2D eigenvalue weighted by molar-refractivity contribution is -0.274. The Kier molecular flexibility index (Phi) is 5.76. The summed E-state index contributed by atoms with van der Waals surface area (Å²) in [6.45, 7) is 0. The first kappa shape index (κ1) is 20.6. The second kappa shape index (κ2) is 8.10. The van der Waals surface area contributed by atoms with Crippen LogP contribution in [0.2, 0.25) is 5.02 Å². The number of alkyl halides is 3. The van der Waals surface area contributed by atoms with E-state index in [2.05, 4.69) is 36.5 Å². The van der Waals surface area contributed by atoms with Crippen molar-refractivity contribution in [1.29, 1.82) is 0 Å². The molecule has 15 heteroatoms. The molecule has 29 heavy (non-hydrogen) atoms. The highest BCUT2D eigenvalue weighted by molar-refractivity contribution is 7.11. The van der Waals surface area contributed by atoms with Crippen molar-refractivity contribution in [3.05, 3.63) is 39.3 Å². The molecule has 0 unspecified atom stereocenters. The molecule has 0 saturated heterocycles. The molecule has 1 aliphatic heterocycles. The van der Waals surface area contributed by atoms with Gasteiger partial charge in [0.05, 0.1) is 22.3 Å². The topological polar surface area (TPSA) is 120 Å². The molecule has 2 heterocycles. The molecular weight excluding hydrogens is 439 g/mol. The van der Waals surface area contributed by atoms with Crippen molar-refractivity contribution in [3.63, 3.8) is 0 Å². The van der Waals surface area contributed by atoms with Gasteiger partial charge in [-0.3, -0.25) is 24.9 Å². The van der Waals surface area contributed by atoms with Gasteiger partial charge in [0.25, 0.3) is 11.8 Å². The number of guanidine groups is 1. The van der Waals surface area contributed by atoms with Crippen molar-refractivity contribution < 1.29 is 27.5 Å². The fraction of sp³-hybridized carbons (Fsp3) is 0.143. The molecule has 1 aromatic carbocycles. The maximum Gasteiger partial charge on any atom is 0.573 e. The van der Waals surface area contributed by atoms with Gasteiger partial charge in [-0.1, -0.05) is 11.6 Å². The molecule has 0 saturated carbocycles. The van der Waals surface area contributed by atoms with Crippen LogP contribution in [0.5, 0.6) is 5.75 Å². The smallest absolute Gasteiger partial charge is 0.404 e. The Labute approximate surface area is 169 Å². The Morgan fingerprint density at radius 2 is 2.03 bits per heavy atom. The predicted octanol–water partition coefficient (Wildman–Crippen LogP) is 1.90. The molecule has 2 amide bonds. The van der Waals surface area contributed by atoms with Gasteiger partial charge in [0, 0.05) is 7.05 Å². The lowest BCUT2D eigenvalue weighted by Crippen LogP contribution is -2.45. The highest BCUT2D eigenvalue weighted by atomic mass is 35.5. The summed E-state index contributed by atoms with van der Waals surface area (Å²) in [6, 6.07) is 1.89. The molecule has 0 aliphatic carbocycles. The van der Waals surface area contributed by atoms with Crippen LogP contribution in [0.15, 0.2) is 28.9 Å². The molecule has 10 nitrogen and oxygen atoms in total. The minimum Gasteiger partial charge on any atom is -0.404 e. The van der Waals surface area contributed by atoms with Gasteiger partial charge in [0.2, 0.25) is 5.96 Å². The quantitative estimate of drug-likeness (QED) is 0.562. The van der Waals surface area contributed by atoms with Crippen molar-refractivity contribution in [3.8, 4) is 5.75 Å². The van der Waals surface area contributed by atoms with Crippen molar-refractivity contribution in [2.45, 2.75) is 6.36 Å². The number of nitrogens with one attached hydrogen (secondary N) is 4. The third-order valence-corrected chi connectivity index (χ3v) is 4.56. The van der Waals surface area contributed by atoms with E-state index in [1.54, 1.807) is 7.05 Å². The molecular formula is C14H11ClF3N7O3S. The Hall–Kier alpha value is -3.10. The molecule has 4 N–H and O–H groups in total. The molecule has 1 aromatic heterocycles. The number of hydrazone groups is 1. The summed E-state index contributed by atoms with van der Waals surface area (Å²) in [7, 11) is 1.54. The van der Waals surface area contributed by atoms with Crippen LogP contribution in [0.4, 0.5) is 18.9 Å². The van der Waals surface area contributed by atoms with Crippen LogP contribution >= 0.6 is 22.9 Å². The minimum atomic E-state index is -5.05. The van der Waals surface area contributed by atoms with Crippen LogP contribution in [0, 0.1) is 0 Å². The number of carbonyl (C=O) groups is 2. The van der Waals surface area contributed by atoms with Crippen LogP contribution in [0.25, 0.3) is 0 Å². The average molecular weight is 450 g/mol.